The summed E-state index contributed by atoms with van der Waals surface area (Å²) >= 11 is 0. The molecule has 166 valence electrons. The largest absolute Gasteiger partial charge is 0.444 e. The normalized spacial score (nSPS) is 12.9. The van der Waals surface area contributed by atoms with E-state index in [9.17, 15) is 9.59 Å². The molecular weight excluding hydrogens is 378 g/mol. The molecule has 0 aliphatic heterocycles. The van der Waals surface area contributed by atoms with Gasteiger partial charge in [-0.1, -0.05) is 0 Å². The smallest absolute Gasteiger partial charge is 0.408 e. The van der Waals surface area contributed by atoms with Crippen LogP contribution in [-0.2, 0) is 16.0 Å². The van der Waals surface area contributed by atoms with Crippen molar-refractivity contribution in [2.45, 2.75) is 84.6 Å². The third-order valence-electron chi connectivity index (χ3n) is 3.39. The maximum atomic E-state index is 12.2. The Hall–Kier alpha value is -2.36. The second-order valence-corrected chi connectivity index (χ2v) is 8.69. The van der Waals surface area contributed by atoms with E-state index in [-0.39, 0.29) is 0 Å². The Bertz CT molecular complexity index is 648. The van der Waals surface area contributed by atoms with E-state index in [0.29, 0.717) is 44.1 Å². The third kappa shape index (κ3) is 11.3. The van der Waals surface area contributed by atoms with Crippen LogP contribution in [0.4, 0.5) is 9.59 Å². The summed E-state index contributed by atoms with van der Waals surface area (Å²) in [5, 5.41) is 16.4. The number of aromatic nitrogens is 2. The molecule has 29 heavy (non-hydrogen) atoms. The number of amides is 2. The average Bonchev–Trinajstić information content (AvgIpc) is 2.99. The minimum atomic E-state index is -0.613. The van der Waals surface area contributed by atoms with E-state index in [2.05, 4.69) is 26.1 Å². The number of ether oxygens (including phenoxy) is 2. The number of nitrogens with zero attached hydrogens (tertiary/aromatic N) is 2. The highest BCUT2D eigenvalue weighted by molar-refractivity contribution is 5.68. The van der Waals surface area contributed by atoms with Gasteiger partial charge in [0.25, 0.3) is 0 Å². The number of rotatable bonds is 9. The van der Waals surface area contributed by atoms with Gasteiger partial charge in [-0.25, -0.2) is 9.59 Å². The van der Waals surface area contributed by atoms with Crippen molar-refractivity contribution in [2.24, 2.45) is 0 Å². The van der Waals surface area contributed by atoms with Crippen molar-refractivity contribution in [1.82, 2.24) is 26.1 Å². The summed E-state index contributed by atoms with van der Waals surface area (Å²) in [4.78, 5) is 23.9. The lowest BCUT2D eigenvalue weighted by atomic mass is 10.1. The first-order valence-electron chi connectivity index (χ1n) is 9.83. The van der Waals surface area contributed by atoms with Crippen molar-refractivity contribution in [3.63, 3.8) is 0 Å². The fraction of sp³-hybridized carbons (Fsp3) is 0.789. The van der Waals surface area contributed by atoms with Gasteiger partial charge < -0.3 is 29.8 Å². The average molecular weight is 414 g/mol. The second kappa shape index (κ2) is 11.0. The van der Waals surface area contributed by atoms with Gasteiger partial charge in [0.05, 0.1) is 6.54 Å². The van der Waals surface area contributed by atoms with E-state index >= 15 is 0 Å². The molecule has 1 aromatic heterocycles. The molecule has 0 aliphatic carbocycles. The molecule has 0 saturated carbocycles. The van der Waals surface area contributed by atoms with Crippen LogP contribution in [0.15, 0.2) is 4.42 Å². The van der Waals surface area contributed by atoms with Gasteiger partial charge in [0.15, 0.2) is 0 Å². The van der Waals surface area contributed by atoms with Crippen molar-refractivity contribution in [1.29, 1.82) is 0 Å². The Labute approximate surface area is 172 Å². The lowest BCUT2D eigenvalue weighted by Gasteiger charge is -2.22. The van der Waals surface area contributed by atoms with Crippen LogP contribution in [0, 0.1) is 0 Å². The summed E-state index contributed by atoms with van der Waals surface area (Å²) in [6, 6.07) is -0.482. The molecule has 10 heteroatoms. The molecule has 1 atom stereocenters. The molecule has 0 unspecified atom stereocenters. The highest BCUT2D eigenvalue weighted by atomic mass is 16.6. The topological polar surface area (TPSA) is 128 Å². The Kier molecular flexibility index (Phi) is 9.35. The van der Waals surface area contributed by atoms with Gasteiger partial charge in [-0.05, 0) is 67.9 Å². The second-order valence-electron chi connectivity index (χ2n) is 8.69. The summed E-state index contributed by atoms with van der Waals surface area (Å²) in [5.41, 5.74) is -1.15. The van der Waals surface area contributed by atoms with Crippen LogP contribution in [-0.4, -0.2) is 47.2 Å². The zero-order valence-corrected chi connectivity index (χ0v) is 18.5. The van der Waals surface area contributed by atoms with Crippen molar-refractivity contribution >= 4 is 12.2 Å². The molecule has 0 aromatic carbocycles. The predicted molar refractivity (Wildman–Crippen MR) is 107 cm³/mol. The minimum Gasteiger partial charge on any atom is -0.444 e. The number of carbonyl (C=O) groups is 2. The summed E-state index contributed by atoms with van der Waals surface area (Å²) in [6.45, 7) is 11.7. The molecule has 0 aliphatic rings. The van der Waals surface area contributed by atoms with Crippen LogP contribution in [0.25, 0.3) is 0 Å². The summed E-state index contributed by atoms with van der Waals surface area (Å²) in [7, 11) is 1.78. The molecule has 0 fully saturated rings. The molecular formula is C19H35N5O5. The third-order valence-corrected chi connectivity index (χ3v) is 3.39. The van der Waals surface area contributed by atoms with Crippen LogP contribution in [0.5, 0.6) is 0 Å². The fourth-order valence-corrected chi connectivity index (χ4v) is 2.32. The van der Waals surface area contributed by atoms with Gasteiger partial charge in [-0.15, -0.1) is 10.2 Å². The van der Waals surface area contributed by atoms with E-state index < -0.39 is 29.4 Å². The van der Waals surface area contributed by atoms with E-state index in [1.807, 2.05) is 20.8 Å². The standard InChI is InChI=1S/C19H35N5O5/c1-18(2,3)28-16(25)21-11-9-8-10-13(22-17(26)29-19(4,5)6)15-24-23-14(27-15)12-20-7/h13,20H,8-12H2,1-7H3,(H,21,25)(H,22,26)/t13-/m1/s1. The van der Waals surface area contributed by atoms with Crippen LogP contribution < -0.4 is 16.0 Å². The Morgan fingerprint density at radius 3 is 2.21 bits per heavy atom. The lowest BCUT2D eigenvalue weighted by Crippen LogP contribution is -2.35. The van der Waals surface area contributed by atoms with Gasteiger partial charge >= 0.3 is 12.2 Å². The van der Waals surface area contributed by atoms with Crippen LogP contribution in [0.1, 0.15) is 78.6 Å². The van der Waals surface area contributed by atoms with Crippen LogP contribution in [0.2, 0.25) is 0 Å². The Morgan fingerprint density at radius 2 is 1.62 bits per heavy atom. The van der Waals surface area contributed by atoms with Gasteiger partial charge in [0.1, 0.15) is 17.2 Å². The quantitative estimate of drug-likeness (QED) is 0.527. The summed E-state index contributed by atoms with van der Waals surface area (Å²) in [5.74, 6) is 0.756. The zero-order valence-electron chi connectivity index (χ0n) is 18.5. The molecule has 3 N–H and O–H groups in total. The first-order valence-corrected chi connectivity index (χ1v) is 9.83. The fourth-order valence-electron chi connectivity index (χ4n) is 2.32. The van der Waals surface area contributed by atoms with E-state index in [1.54, 1.807) is 27.8 Å². The van der Waals surface area contributed by atoms with E-state index in [4.69, 9.17) is 13.9 Å². The number of hydrogen-bond acceptors (Lipinski definition) is 8. The van der Waals surface area contributed by atoms with Crippen molar-refractivity contribution in [3.8, 4) is 0 Å². The molecule has 0 spiro atoms. The lowest BCUT2D eigenvalue weighted by molar-refractivity contribution is 0.0490. The number of hydrogen-bond donors (Lipinski definition) is 3. The van der Waals surface area contributed by atoms with E-state index in [1.165, 1.54) is 0 Å². The highest BCUT2D eigenvalue weighted by Gasteiger charge is 2.24. The predicted octanol–water partition coefficient (Wildman–Crippen LogP) is 3.05. The monoisotopic (exact) mass is 413 g/mol. The molecule has 1 aromatic rings. The molecule has 1 heterocycles. The first-order chi connectivity index (χ1) is 13.4. The Balaban J connectivity index is 2.57. The van der Waals surface area contributed by atoms with Gasteiger partial charge in [0.2, 0.25) is 11.8 Å². The molecule has 0 bridgehead atoms. The summed E-state index contributed by atoms with van der Waals surface area (Å²) in [6.07, 6.45) is 0.956. The van der Waals surface area contributed by atoms with Gasteiger partial charge in [-0.3, -0.25) is 0 Å². The molecule has 2 amide bonds. The Morgan fingerprint density at radius 1 is 1.00 bits per heavy atom. The van der Waals surface area contributed by atoms with Gasteiger partial charge in [0, 0.05) is 6.54 Å². The van der Waals surface area contributed by atoms with Crippen molar-refractivity contribution < 1.29 is 23.5 Å². The number of unbranched alkanes of at least 4 members (excludes halogenated alkanes) is 1. The maximum absolute atomic E-state index is 12.2. The van der Waals surface area contributed by atoms with Crippen molar-refractivity contribution in [2.75, 3.05) is 13.6 Å². The first kappa shape index (κ1) is 24.7. The highest BCUT2D eigenvalue weighted by Crippen LogP contribution is 2.19. The SMILES string of the molecule is CNCc1nnc([C@@H](CCCCNC(=O)OC(C)(C)C)NC(=O)OC(C)(C)C)o1. The summed E-state index contributed by atoms with van der Waals surface area (Å²) < 4.78 is 16.1. The molecule has 0 saturated heterocycles. The number of alkyl carbamates (subject to hydrolysis) is 2. The molecule has 1 rings (SSSR count). The van der Waals surface area contributed by atoms with Gasteiger partial charge in [-0.2, -0.15) is 0 Å². The maximum Gasteiger partial charge on any atom is 0.408 e. The molecule has 0 radical (unpaired) electrons. The molecule has 10 nitrogen and oxygen atoms in total. The van der Waals surface area contributed by atoms with Crippen LogP contribution in [0.3, 0.4) is 0 Å². The minimum absolute atomic E-state index is 0.321. The van der Waals surface area contributed by atoms with Crippen molar-refractivity contribution in [3.05, 3.63) is 11.8 Å². The van der Waals surface area contributed by atoms with E-state index in [0.717, 1.165) is 0 Å². The zero-order chi connectivity index (χ0) is 22.1. The number of carbonyl (C=O) groups excluding carboxylic acids is 2. The number of nitrogens with one attached hydrogen (secondary N) is 3. The van der Waals surface area contributed by atoms with Crippen LogP contribution >= 0.6 is 0 Å².